The van der Waals surface area contributed by atoms with Crippen LogP contribution in [0.1, 0.15) is 48.9 Å². The number of hydrogen-bond donors (Lipinski definition) is 2. The lowest BCUT2D eigenvalue weighted by atomic mass is 9.89. The zero-order valence-electron chi connectivity index (χ0n) is 20.6. The van der Waals surface area contributed by atoms with Crippen molar-refractivity contribution in [3.63, 3.8) is 0 Å². The van der Waals surface area contributed by atoms with Crippen molar-refractivity contribution in [1.29, 1.82) is 0 Å². The number of rotatable bonds is 8. The van der Waals surface area contributed by atoms with Crippen molar-refractivity contribution < 1.29 is 19.7 Å². The quantitative estimate of drug-likeness (QED) is 0.559. The number of nitrogens with zero attached hydrogens (tertiary/aromatic N) is 2. The van der Waals surface area contributed by atoms with Crippen LogP contribution < -0.4 is 0 Å². The summed E-state index contributed by atoms with van der Waals surface area (Å²) in [7, 11) is 0. The van der Waals surface area contributed by atoms with Crippen molar-refractivity contribution in [2.45, 2.75) is 39.8 Å². The summed E-state index contributed by atoms with van der Waals surface area (Å²) in [5, 5.41) is 21.1. The first-order valence-electron chi connectivity index (χ1n) is 12.6. The van der Waals surface area contributed by atoms with E-state index in [-0.39, 0.29) is 0 Å². The minimum absolute atomic E-state index is 0.348. The molecule has 34 heavy (non-hydrogen) atoms. The number of allylic oxidation sites excluding steroid dienone is 2. The summed E-state index contributed by atoms with van der Waals surface area (Å²) in [5.41, 5.74) is 6.80. The second-order valence-corrected chi connectivity index (χ2v) is 9.13. The maximum absolute atomic E-state index is 10.5. The lowest BCUT2D eigenvalue weighted by Gasteiger charge is -2.27. The normalized spacial score (nSPS) is 18.6. The fourth-order valence-corrected chi connectivity index (χ4v) is 4.98. The Hall–Kier alpha value is -2.38. The highest BCUT2D eigenvalue weighted by atomic mass is 16.5. The summed E-state index contributed by atoms with van der Waals surface area (Å²) in [6, 6.07) is 12.0. The third-order valence-corrected chi connectivity index (χ3v) is 6.92. The Morgan fingerprint density at radius 3 is 1.41 bits per heavy atom. The van der Waals surface area contributed by atoms with Crippen LogP contribution in [0, 0.1) is 0 Å². The van der Waals surface area contributed by atoms with E-state index in [1.54, 1.807) is 0 Å². The molecule has 2 aliphatic heterocycles. The molecule has 2 saturated heterocycles. The second-order valence-electron chi connectivity index (χ2n) is 9.13. The van der Waals surface area contributed by atoms with E-state index in [2.05, 4.69) is 35.8 Å². The number of aromatic hydroxyl groups is 2. The fraction of sp³-hybridized carbons (Fsp3) is 0.500. The Labute approximate surface area is 203 Å². The van der Waals surface area contributed by atoms with E-state index in [0.29, 0.717) is 11.5 Å². The van der Waals surface area contributed by atoms with E-state index in [0.717, 1.165) is 101 Å². The molecule has 0 radical (unpaired) electrons. The van der Waals surface area contributed by atoms with Crippen LogP contribution in [0.3, 0.4) is 0 Å². The van der Waals surface area contributed by atoms with Crippen molar-refractivity contribution in [2.24, 2.45) is 0 Å². The van der Waals surface area contributed by atoms with E-state index in [1.807, 2.05) is 24.3 Å². The van der Waals surface area contributed by atoms with Gasteiger partial charge in [-0.15, -0.1) is 0 Å². The molecule has 0 aliphatic carbocycles. The molecule has 0 atom stereocenters. The molecule has 2 aromatic carbocycles. The van der Waals surface area contributed by atoms with Gasteiger partial charge in [-0.1, -0.05) is 26.0 Å². The van der Waals surface area contributed by atoms with Crippen molar-refractivity contribution in [3.8, 4) is 11.5 Å². The van der Waals surface area contributed by atoms with E-state index < -0.39 is 0 Å². The number of benzene rings is 2. The Kier molecular flexibility index (Phi) is 8.62. The van der Waals surface area contributed by atoms with Gasteiger partial charge in [0.15, 0.2) is 0 Å². The lowest BCUT2D eigenvalue weighted by molar-refractivity contribution is 0.0338. The number of phenolic OH excluding ortho intramolecular Hbond substituents is 2. The van der Waals surface area contributed by atoms with E-state index in [1.165, 1.54) is 11.1 Å². The average molecular weight is 467 g/mol. The van der Waals surface area contributed by atoms with Gasteiger partial charge in [-0.3, -0.25) is 9.80 Å². The maximum atomic E-state index is 10.5. The highest BCUT2D eigenvalue weighted by Gasteiger charge is 2.17. The highest BCUT2D eigenvalue weighted by molar-refractivity contribution is 5.91. The molecule has 2 heterocycles. The third-order valence-electron chi connectivity index (χ3n) is 6.92. The molecule has 0 spiro atoms. The summed E-state index contributed by atoms with van der Waals surface area (Å²) in [6.07, 6.45) is 1.79. The molecular weight excluding hydrogens is 428 g/mol. The maximum Gasteiger partial charge on any atom is 0.120 e. The summed E-state index contributed by atoms with van der Waals surface area (Å²) in [6.45, 7) is 12.4. The molecule has 2 fully saturated rings. The SMILES string of the molecule is CCC(=C(CC)c1ccc(O)c(CN2CCOCC2)c1)c1ccc(O)c(CN2CCOCC2)c1. The smallest absolute Gasteiger partial charge is 0.120 e. The Morgan fingerprint density at radius 1 is 0.676 bits per heavy atom. The minimum atomic E-state index is 0.348. The molecule has 6 heteroatoms. The van der Waals surface area contributed by atoms with Crippen LogP contribution in [0.2, 0.25) is 0 Å². The monoisotopic (exact) mass is 466 g/mol. The van der Waals surface area contributed by atoms with Crippen LogP contribution >= 0.6 is 0 Å². The second kappa shape index (κ2) is 11.8. The molecule has 2 aliphatic rings. The van der Waals surface area contributed by atoms with Crippen LogP contribution in [0.25, 0.3) is 11.1 Å². The topological polar surface area (TPSA) is 65.4 Å². The van der Waals surface area contributed by atoms with Gasteiger partial charge in [-0.05, 0) is 59.4 Å². The van der Waals surface area contributed by atoms with Gasteiger partial charge in [0.05, 0.1) is 26.4 Å². The van der Waals surface area contributed by atoms with Gasteiger partial charge in [-0.25, -0.2) is 0 Å². The molecule has 2 aromatic rings. The van der Waals surface area contributed by atoms with Gasteiger partial charge in [-0.2, -0.15) is 0 Å². The molecule has 0 saturated carbocycles. The fourth-order valence-electron chi connectivity index (χ4n) is 4.98. The molecule has 184 valence electrons. The molecule has 0 amide bonds. The Morgan fingerprint density at radius 2 is 1.06 bits per heavy atom. The summed E-state index contributed by atoms with van der Waals surface area (Å²) in [4.78, 5) is 4.66. The van der Waals surface area contributed by atoms with Crippen LogP contribution in [0.4, 0.5) is 0 Å². The molecular formula is C28H38N2O4. The Balaban J connectivity index is 1.64. The van der Waals surface area contributed by atoms with Crippen molar-refractivity contribution >= 4 is 11.1 Å². The predicted octanol–water partition coefficient (Wildman–Crippen LogP) is 4.49. The van der Waals surface area contributed by atoms with Crippen LogP contribution in [0.5, 0.6) is 11.5 Å². The summed E-state index contributed by atoms with van der Waals surface area (Å²) < 4.78 is 10.9. The van der Waals surface area contributed by atoms with Crippen molar-refractivity contribution in [3.05, 3.63) is 58.7 Å². The Bertz CT molecular complexity index is 912. The first-order valence-corrected chi connectivity index (χ1v) is 12.6. The molecule has 0 aromatic heterocycles. The van der Waals surface area contributed by atoms with Crippen molar-refractivity contribution in [1.82, 2.24) is 9.80 Å². The minimum Gasteiger partial charge on any atom is -0.508 e. The highest BCUT2D eigenvalue weighted by Crippen LogP contribution is 2.35. The van der Waals surface area contributed by atoms with Gasteiger partial charge >= 0.3 is 0 Å². The van der Waals surface area contributed by atoms with Crippen LogP contribution in [-0.2, 0) is 22.6 Å². The van der Waals surface area contributed by atoms with Gasteiger partial charge in [0.2, 0.25) is 0 Å². The number of ether oxygens (including phenoxy) is 2. The zero-order valence-corrected chi connectivity index (χ0v) is 20.6. The van der Waals surface area contributed by atoms with E-state index >= 15 is 0 Å². The standard InChI is InChI=1S/C28H38N2O4/c1-3-25(21-5-7-27(31)23(17-21)19-29-9-13-33-14-10-29)26(4-2)22-6-8-28(32)24(18-22)20-30-11-15-34-16-12-30/h5-8,17-18,31-32H,3-4,9-16,19-20H2,1-2H3. The van der Waals surface area contributed by atoms with Gasteiger partial charge < -0.3 is 19.7 Å². The summed E-state index contributed by atoms with van der Waals surface area (Å²) in [5.74, 6) is 0.697. The van der Waals surface area contributed by atoms with Crippen molar-refractivity contribution in [2.75, 3.05) is 52.6 Å². The average Bonchev–Trinajstić information content (AvgIpc) is 2.87. The van der Waals surface area contributed by atoms with Gasteiger partial charge in [0, 0.05) is 50.4 Å². The van der Waals surface area contributed by atoms with E-state index in [4.69, 9.17) is 9.47 Å². The molecule has 4 rings (SSSR count). The summed E-state index contributed by atoms with van der Waals surface area (Å²) >= 11 is 0. The predicted molar refractivity (Wildman–Crippen MR) is 136 cm³/mol. The van der Waals surface area contributed by atoms with Gasteiger partial charge in [0.1, 0.15) is 11.5 Å². The van der Waals surface area contributed by atoms with Crippen LogP contribution in [-0.4, -0.2) is 72.6 Å². The lowest BCUT2D eigenvalue weighted by Crippen LogP contribution is -2.35. The molecule has 2 N–H and O–H groups in total. The van der Waals surface area contributed by atoms with Crippen LogP contribution in [0.15, 0.2) is 36.4 Å². The number of hydrogen-bond acceptors (Lipinski definition) is 6. The first kappa shape index (κ1) is 24.7. The zero-order chi connectivity index (χ0) is 23.9. The number of morpholine rings is 2. The molecule has 6 nitrogen and oxygen atoms in total. The van der Waals surface area contributed by atoms with E-state index in [9.17, 15) is 10.2 Å². The molecule has 0 bridgehead atoms. The molecule has 0 unspecified atom stereocenters. The largest absolute Gasteiger partial charge is 0.508 e. The number of phenols is 2. The first-order chi connectivity index (χ1) is 16.6. The van der Waals surface area contributed by atoms with Gasteiger partial charge in [0.25, 0.3) is 0 Å². The third kappa shape index (κ3) is 5.99.